The highest BCUT2D eigenvalue weighted by Gasteiger charge is 2.15. The molecule has 0 unspecified atom stereocenters. The molecule has 106 valence electrons. The van der Waals surface area contributed by atoms with E-state index < -0.39 is 0 Å². The van der Waals surface area contributed by atoms with Crippen molar-refractivity contribution in [1.29, 1.82) is 0 Å². The lowest BCUT2D eigenvalue weighted by Gasteiger charge is -2.22. The molecule has 0 aromatic carbocycles. The smallest absolute Gasteiger partial charge is 0.270 e. The summed E-state index contributed by atoms with van der Waals surface area (Å²) in [6.07, 6.45) is 0.739. The standard InChI is InChI=1S/C13H20N2O4/c1-18-9-4-7-15(8-10-19-2)13(17)11-5-3-6-12(16)14-11/h3,5-6H,4,7-10H2,1-2H3,(H,14,16). The molecule has 0 aliphatic heterocycles. The summed E-state index contributed by atoms with van der Waals surface area (Å²) in [6.45, 7) is 2.08. The molecule has 0 radical (unpaired) electrons. The number of carbonyl (C=O) groups is 1. The number of hydrogen-bond acceptors (Lipinski definition) is 4. The second-order valence-corrected chi connectivity index (χ2v) is 4.06. The molecule has 0 aliphatic carbocycles. The van der Waals surface area contributed by atoms with Crippen molar-refractivity contribution in [2.75, 3.05) is 40.5 Å². The number of H-pyrrole nitrogens is 1. The van der Waals surface area contributed by atoms with Gasteiger partial charge in [-0.3, -0.25) is 9.59 Å². The Balaban J connectivity index is 2.72. The van der Waals surface area contributed by atoms with Crippen molar-refractivity contribution in [3.8, 4) is 0 Å². The molecule has 0 aliphatic rings. The second kappa shape index (κ2) is 8.44. The molecule has 1 aromatic rings. The zero-order valence-electron chi connectivity index (χ0n) is 11.3. The van der Waals surface area contributed by atoms with E-state index in [-0.39, 0.29) is 11.5 Å². The Bertz CT molecular complexity index is 444. The Labute approximate surface area is 112 Å². The molecule has 1 N–H and O–H groups in total. The van der Waals surface area contributed by atoms with Crippen molar-refractivity contribution in [2.45, 2.75) is 6.42 Å². The van der Waals surface area contributed by atoms with E-state index in [0.29, 0.717) is 32.0 Å². The van der Waals surface area contributed by atoms with Crippen molar-refractivity contribution in [2.24, 2.45) is 0 Å². The molecule has 6 heteroatoms. The molecule has 0 saturated heterocycles. The van der Waals surface area contributed by atoms with Crippen molar-refractivity contribution in [3.05, 3.63) is 34.2 Å². The molecule has 1 amide bonds. The lowest BCUT2D eigenvalue weighted by atomic mass is 10.3. The van der Waals surface area contributed by atoms with Crippen LogP contribution in [0.3, 0.4) is 0 Å². The van der Waals surface area contributed by atoms with E-state index in [9.17, 15) is 9.59 Å². The number of methoxy groups -OCH3 is 2. The summed E-state index contributed by atoms with van der Waals surface area (Å²) in [6, 6.07) is 4.54. The van der Waals surface area contributed by atoms with Crippen LogP contribution >= 0.6 is 0 Å². The number of pyridine rings is 1. The lowest BCUT2D eigenvalue weighted by Crippen LogP contribution is -2.36. The molecule has 0 fully saturated rings. The number of amides is 1. The topological polar surface area (TPSA) is 71.6 Å². The van der Waals surface area contributed by atoms with E-state index in [4.69, 9.17) is 9.47 Å². The molecule has 1 heterocycles. The van der Waals surface area contributed by atoms with Crippen molar-refractivity contribution in [3.63, 3.8) is 0 Å². The first kappa shape index (κ1) is 15.4. The number of aromatic amines is 1. The quantitative estimate of drug-likeness (QED) is 0.697. The molecule has 19 heavy (non-hydrogen) atoms. The zero-order valence-corrected chi connectivity index (χ0v) is 11.3. The summed E-state index contributed by atoms with van der Waals surface area (Å²) in [4.78, 5) is 27.7. The first-order valence-corrected chi connectivity index (χ1v) is 6.15. The maximum absolute atomic E-state index is 12.3. The molecule has 0 atom stereocenters. The third kappa shape index (κ3) is 5.23. The van der Waals surface area contributed by atoms with Crippen LogP contribution in [0, 0.1) is 0 Å². The number of nitrogens with zero attached hydrogens (tertiary/aromatic N) is 1. The van der Waals surface area contributed by atoms with E-state index in [2.05, 4.69) is 4.98 Å². The van der Waals surface area contributed by atoms with Crippen LogP contribution in [0.4, 0.5) is 0 Å². The number of aromatic nitrogens is 1. The number of carbonyl (C=O) groups excluding carboxylic acids is 1. The summed E-state index contributed by atoms with van der Waals surface area (Å²) in [5.74, 6) is -0.203. The molecule has 0 saturated carbocycles. The van der Waals surface area contributed by atoms with Gasteiger partial charge in [-0.1, -0.05) is 6.07 Å². The third-order valence-corrected chi connectivity index (χ3v) is 2.63. The van der Waals surface area contributed by atoms with Gasteiger partial charge in [-0.15, -0.1) is 0 Å². The summed E-state index contributed by atoms with van der Waals surface area (Å²) in [7, 11) is 3.21. The fraction of sp³-hybridized carbons (Fsp3) is 0.538. The van der Waals surface area contributed by atoms with Crippen LogP contribution in [-0.2, 0) is 9.47 Å². The zero-order chi connectivity index (χ0) is 14.1. The van der Waals surface area contributed by atoms with E-state index in [0.717, 1.165) is 6.42 Å². The fourth-order valence-corrected chi connectivity index (χ4v) is 1.66. The average molecular weight is 268 g/mol. The maximum atomic E-state index is 12.3. The van der Waals surface area contributed by atoms with Crippen molar-refractivity contribution in [1.82, 2.24) is 9.88 Å². The van der Waals surface area contributed by atoms with Crippen LogP contribution in [0.15, 0.2) is 23.0 Å². The lowest BCUT2D eigenvalue weighted by molar-refractivity contribution is 0.0668. The predicted octanol–water partition coefficient (Wildman–Crippen LogP) is 0.500. The van der Waals surface area contributed by atoms with Gasteiger partial charge in [0, 0.05) is 40.0 Å². The van der Waals surface area contributed by atoms with Gasteiger partial charge in [-0.05, 0) is 12.5 Å². The Morgan fingerprint density at radius 2 is 1.95 bits per heavy atom. The largest absolute Gasteiger partial charge is 0.385 e. The molecule has 1 rings (SSSR count). The van der Waals surface area contributed by atoms with Gasteiger partial charge in [0.1, 0.15) is 5.69 Å². The van der Waals surface area contributed by atoms with E-state index >= 15 is 0 Å². The molecular weight excluding hydrogens is 248 g/mol. The van der Waals surface area contributed by atoms with Gasteiger partial charge in [0.2, 0.25) is 5.56 Å². The van der Waals surface area contributed by atoms with Crippen LogP contribution in [0.2, 0.25) is 0 Å². The van der Waals surface area contributed by atoms with Gasteiger partial charge in [0.05, 0.1) is 6.61 Å². The monoisotopic (exact) mass is 268 g/mol. The molecule has 0 spiro atoms. The summed E-state index contributed by atoms with van der Waals surface area (Å²) >= 11 is 0. The SMILES string of the molecule is COCCCN(CCOC)C(=O)c1cccc(=O)[nH]1. The minimum atomic E-state index is -0.283. The Morgan fingerprint density at radius 1 is 1.21 bits per heavy atom. The Kier molecular flexibility index (Phi) is 6.84. The van der Waals surface area contributed by atoms with Crippen molar-refractivity contribution >= 4 is 5.91 Å². The van der Waals surface area contributed by atoms with Gasteiger partial charge in [-0.2, -0.15) is 0 Å². The van der Waals surface area contributed by atoms with Crippen LogP contribution in [0.5, 0.6) is 0 Å². The van der Waals surface area contributed by atoms with E-state index in [1.807, 2.05) is 0 Å². The van der Waals surface area contributed by atoms with Gasteiger partial charge >= 0.3 is 0 Å². The Hall–Kier alpha value is -1.66. The number of nitrogens with one attached hydrogen (secondary N) is 1. The van der Waals surface area contributed by atoms with Crippen LogP contribution in [0.25, 0.3) is 0 Å². The second-order valence-electron chi connectivity index (χ2n) is 4.06. The molecule has 0 bridgehead atoms. The van der Waals surface area contributed by atoms with Gasteiger partial charge in [-0.25, -0.2) is 0 Å². The molecular formula is C13H20N2O4. The third-order valence-electron chi connectivity index (χ3n) is 2.63. The van der Waals surface area contributed by atoms with E-state index in [1.165, 1.54) is 6.07 Å². The average Bonchev–Trinajstić information content (AvgIpc) is 2.42. The minimum Gasteiger partial charge on any atom is -0.385 e. The van der Waals surface area contributed by atoms with Gasteiger partial charge in [0.15, 0.2) is 0 Å². The fourth-order valence-electron chi connectivity index (χ4n) is 1.66. The van der Waals surface area contributed by atoms with Crippen LogP contribution in [0.1, 0.15) is 16.9 Å². The number of ether oxygens (including phenoxy) is 2. The first-order chi connectivity index (χ1) is 9.19. The summed E-state index contributed by atoms with van der Waals surface area (Å²) in [5, 5.41) is 0. The highest BCUT2D eigenvalue weighted by Crippen LogP contribution is 2.01. The van der Waals surface area contributed by atoms with Crippen LogP contribution in [-0.4, -0.2) is 56.3 Å². The highest BCUT2D eigenvalue weighted by atomic mass is 16.5. The molecule has 1 aromatic heterocycles. The molecule has 6 nitrogen and oxygen atoms in total. The number of hydrogen-bond donors (Lipinski definition) is 1. The minimum absolute atomic E-state index is 0.203. The predicted molar refractivity (Wildman–Crippen MR) is 71.3 cm³/mol. The van der Waals surface area contributed by atoms with Gasteiger partial charge < -0.3 is 19.4 Å². The summed E-state index contributed by atoms with van der Waals surface area (Å²) < 4.78 is 9.97. The maximum Gasteiger partial charge on any atom is 0.270 e. The Morgan fingerprint density at radius 3 is 2.58 bits per heavy atom. The van der Waals surface area contributed by atoms with Gasteiger partial charge in [0.25, 0.3) is 5.91 Å². The summed E-state index contributed by atoms with van der Waals surface area (Å²) in [5.41, 5.74) is 0.00968. The number of rotatable bonds is 8. The highest BCUT2D eigenvalue weighted by molar-refractivity contribution is 5.92. The van der Waals surface area contributed by atoms with Crippen LogP contribution < -0.4 is 5.56 Å². The first-order valence-electron chi connectivity index (χ1n) is 6.15. The van der Waals surface area contributed by atoms with Crippen molar-refractivity contribution < 1.29 is 14.3 Å². The normalized spacial score (nSPS) is 10.4. The van der Waals surface area contributed by atoms with E-state index in [1.54, 1.807) is 31.3 Å².